The van der Waals surface area contributed by atoms with E-state index >= 15 is 0 Å². The van der Waals surface area contributed by atoms with E-state index in [4.69, 9.17) is 9.47 Å². The number of carbonyl (C=O) groups excluding carboxylic acids is 3. The van der Waals surface area contributed by atoms with Crippen molar-refractivity contribution in [2.75, 3.05) is 25.6 Å². The molecule has 1 unspecified atom stereocenters. The first-order valence-corrected chi connectivity index (χ1v) is 13.7. The van der Waals surface area contributed by atoms with Crippen LogP contribution in [0, 0.1) is 0 Å². The normalized spacial score (nSPS) is 11.2. The minimum absolute atomic E-state index is 0.138. The molecule has 7 heteroatoms. The lowest BCUT2D eigenvalue weighted by atomic mass is 10.00. The van der Waals surface area contributed by atoms with Crippen molar-refractivity contribution in [2.24, 2.45) is 0 Å². The van der Waals surface area contributed by atoms with Gasteiger partial charge in [0, 0.05) is 29.8 Å². The fraction of sp³-hybridized carbons (Fsp3) is 0.171. The summed E-state index contributed by atoms with van der Waals surface area (Å²) in [6.07, 6.45) is 1.64. The number of nitrogens with one attached hydrogen (secondary N) is 1. The van der Waals surface area contributed by atoms with Crippen LogP contribution < -0.4 is 10.1 Å². The molecule has 0 bridgehead atoms. The summed E-state index contributed by atoms with van der Waals surface area (Å²) in [5.74, 6) is -0.0966. The lowest BCUT2D eigenvalue weighted by Gasteiger charge is -2.22. The van der Waals surface area contributed by atoms with Crippen LogP contribution in [-0.2, 0) is 27.3 Å². The number of rotatable bonds is 14. The Morgan fingerprint density at radius 3 is 2.14 bits per heavy atom. The molecule has 0 saturated heterocycles. The molecule has 42 heavy (non-hydrogen) atoms. The van der Waals surface area contributed by atoms with E-state index in [0.717, 1.165) is 11.1 Å². The molecule has 0 aromatic heterocycles. The van der Waals surface area contributed by atoms with Gasteiger partial charge in [0.15, 0.2) is 5.78 Å². The van der Waals surface area contributed by atoms with Crippen molar-refractivity contribution in [3.05, 3.63) is 144 Å². The number of methoxy groups -OCH3 is 1. The predicted molar refractivity (Wildman–Crippen MR) is 163 cm³/mol. The van der Waals surface area contributed by atoms with E-state index in [2.05, 4.69) is 11.9 Å². The second kappa shape index (κ2) is 15.0. The Balaban J connectivity index is 1.39. The Bertz CT molecular complexity index is 1490. The van der Waals surface area contributed by atoms with Crippen LogP contribution in [-0.4, -0.2) is 48.9 Å². The molecular weight excluding hydrogens is 528 g/mol. The zero-order chi connectivity index (χ0) is 29.7. The minimum Gasteiger partial charge on any atom is -0.492 e. The zero-order valence-corrected chi connectivity index (χ0v) is 23.6. The fourth-order valence-corrected chi connectivity index (χ4v) is 4.51. The van der Waals surface area contributed by atoms with Crippen LogP contribution >= 0.6 is 0 Å². The molecular formula is C35H34N2O5. The first-order valence-electron chi connectivity index (χ1n) is 13.7. The lowest BCUT2D eigenvalue weighted by molar-refractivity contribution is -0.141. The summed E-state index contributed by atoms with van der Waals surface area (Å²) >= 11 is 0. The van der Waals surface area contributed by atoms with Gasteiger partial charge >= 0.3 is 5.97 Å². The number of amides is 1. The van der Waals surface area contributed by atoms with Gasteiger partial charge in [-0.15, -0.1) is 0 Å². The summed E-state index contributed by atoms with van der Waals surface area (Å²) in [5.41, 5.74) is 3.49. The van der Waals surface area contributed by atoms with E-state index in [-0.39, 0.29) is 11.7 Å². The number of ketones is 1. The standard InChI is InChI=1S/C35H34N2O5/c1-3-33(38)37(25-27-12-6-4-7-13-27)22-23-42-29-20-18-26(19-21-29)24-32(35(40)41-2)36-31-17-11-10-16-30(31)34(39)28-14-8-5-9-15-28/h3-21,32,36H,1,22-25H2,2H3. The third-order valence-electron chi connectivity index (χ3n) is 6.72. The SMILES string of the molecule is C=CC(=O)N(CCOc1ccc(CC(Nc2ccccc2C(=O)c2ccccc2)C(=O)OC)cc1)Cc1ccccc1. The van der Waals surface area contributed by atoms with Gasteiger partial charge in [-0.25, -0.2) is 4.79 Å². The van der Waals surface area contributed by atoms with Crippen LogP contribution in [0.25, 0.3) is 0 Å². The molecule has 1 N–H and O–H groups in total. The molecule has 0 heterocycles. The maximum Gasteiger partial charge on any atom is 0.328 e. The summed E-state index contributed by atoms with van der Waals surface area (Å²) in [5, 5.41) is 3.22. The molecule has 4 rings (SSSR count). The molecule has 214 valence electrons. The van der Waals surface area contributed by atoms with E-state index in [1.54, 1.807) is 35.2 Å². The Morgan fingerprint density at radius 1 is 0.833 bits per heavy atom. The molecule has 0 fully saturated rings. The third-order valence-corrected chi connectivity index (χ3v) is 6.72. The molecule has 0 saturated carbocycles. The van der Waals surface area contributed by atoms with Gasteiger partial charge in [-0.2, -0.15) is 0 Å². The van der Waals surface area contributed by atoms with E-state index in [9.17, 15) is 14.4 Å². The average molecular weight is 563 g/mol. The highest BCUT2D eigenvalue weighted by Crippen LogP contribution is 2.22. The first-order chi connectivity index (χ1) is 20.5. The second-order valence-corrected chi connectivity index (χ2v) is 9.61. The molecule has 4 aromatic rings. The van der Waals surface area contributed by atoms with Crippen LogP contribution in [0.2, 0.25) is 0 Å². The molecule has 0 aliphatic carbocycles. The number of anilines is 1. The van der Waals surface area contributed by atoms with Crippen molar-refractivity contribution in [1.82, 2.24) is 4.90 Å². The predicted octanol–water partition coefficient (Wildman–Crippen LogP) is 5.71. The van der Waals surface area contributed by atoms with Gasteiger partial charge in [-0.05, 0) is 41.5 Å². The van der Waals surface area contributed by atoms with E-state index < -0.39 is 12.0 Å². The van der Waals surface area contributed by atoms with Crippen LogP contribution in [0.4, 0.5) is 5.69 Å². The number of ether oxygens (including phenoxy) is 2. The number of para-hydroxylation sites is 1. The topological polar surface area (TPSA) is 84.9 Å². The Morgan fingerprint density at radius 2 is 1.48 bits per heavy atom. The molecule has 1 atom stereocenters. The van der Waals surface area contributed by atoms with E-state index in [1.165, 1.54) is 13.2 Å². The minimum atomic E-state index is -0.719. The number of nitrogens with zero attached hydrogens (tertiary/aromatic N) is 1. The highest BCUT2D eigenvalue weighted by atomic mass is 16.5. The highest BCUT2D eigenvalue weighted by Gasteiger charge is 2.22. The summed E-state index contributed by atoms with van der Waals surface area (Å²) in [6.45, 7) is 4.79. The summed E-state index contributed by atoms with van der Waals surface area (Å²) in [4.78, 5) is 39.9. The molecule has 1 amide bonds. The van der Waals surface area contributed by atoms with Crippen molar-refractivity contribution >= 4 is 23.3 Å². The van der Waals surface area contributed by atoms with Gasteiger partial charge in [0.25, 0.3) is 0 Å². The van der Waals surface area contributed by atoms with Crippen LogP contribution in [0.1, 0.15) is 27.0 Å². The third kappa shape index (κ3) is 8.17. The molecule has 7 nitrogen and oxygen atoms in total. The Kier molecular flexibility index (Phi) is 10.6. The number of hydrogen-bond donors (Lipinski definition) is 1. The maximum absolute atomic E-state index is 13.2. The molecule has 0 spiro atoms. The maximum atomic E-state index is 13.2. The number of hydrogen-bond acceptors (Lipinski definition) is 6. The summed E-state index contributed by atoms with van der Waals surface area (Å²) in [7, 11) is 1.34. The van der Waals surface area contributed by atoms with E-state index in [1.807, 2.05) is 78.9 Å². The molecule has 0 radical (unpaired) electrons. The average Bonchev–Trinajstić information content (AvgIpc) is 3.04. The van der Waals surface area contributed by atoms with Gasteiger partial charge < -0.3 is 19.7 Å². The van der Waals surface area contributed by atoms with Crippen LogP contribution in [0.5, 0.6) is 5.75 Å². The number of carbonyl (C=O) groups is 3. The molecule has 4 aromatic carbocycles. The number of benzene rings is 4. The van der Waals surface area contributed by atoms with Gasteiger partial charge in [-0.3, -0.25) is 9.59 Å². The van der Waals surface area contributed by atoms with Crippen LogP contribution in [0.3, 0.4) is 0 Å². The van der Waals surface area contributed by atoms with Crippen molar-refractivity contribution in [1.29, 1.82) is 0 Å². The fourth-order valence-electron chi connectivity index (χ4n) is 4.51. The molecule has 0 aliphatic heterocycles. The Labute approximate surface area is 246 Å². The molecule has 0 aliphatic rings. The zero-order valence-electron chi connectivity index (χ0n) is 23.6. The van der Waals surface area contributed by atoms with E-state index in [0.29, 0.717) is 48.7 Å². The lowest BCUT2D eigenvalue weighted by Crippen LogP contribution is -2.33. The Hall–Kier alpha value is -5.17. The summed E-state index contributed by atoms with van der Waals surface area (Å²) in [6, 6.07) is 32.6. The largest absolute Gasteiger partial charge is 0.492 e. The van der Waals surface area contributed by atoms with Crippen molar-refractivity contribution in [2.45, 2.75) is 19.0 Å². The monoisotopic (exact) mass is 562 g/mol. The van der Waals surface area contributed by atoms with Crippen molar-refractivity contribution in [3.63, 3.8) is 0 Å². The number of esters is 1. The van der Waals surface area contributed by atoms with Gasteiger partial charge in [0.05, 0.1) is 13.7 Å². The quantitative estimate of drug-likeness (QED) is 0.120. The second-order valence-electron chi connectivity index (χ2n) is 9.61. The van der Waals surface area contributed by atoms with Gasteiger partial charge in [-0.1, -0.05) is 91.5 Å². The van der Waals surface area contributed by atoms with Gasteiger partial charge in [0.2, 0.25) is 5.91 Å². The van der Waals surface area contributed by atoms with Crippen molar-refractivity contribution < 1.29 is 23.9 Å². The highest BCUT2D eigenvalue weighted by molar-refractivity contribution is 6.12. The van der Waals surface area contributed by atoms with Crippen molar-refractivity contribution in [3.8, 4) is 5.75 Å². The van der Waals surface area contributed by atoms with Gasteiger partial charge in [0.1, 0.15) is 18.4 Å². The smallest absolute Gasteiger partial charge is 0.328 e. The van der Waals surface area contributed by atoms with Crippen LogP contribution in [0.15, 0.2) is 122 Å². The first kappa shape index (κ1) is 29.8. The summed E-state index contributed by atoms with van der Waals surface area (Å²) < 4.78 is 11.0.